The van der Waals surface area contributed by atoms with Gasteiger partial charge in [0.25, 0.3) is 5.91 Å². The van der Waals surface area contributed by atoms with Crippen molar-refractivity contribution in [1.82, 2.24) is 5.32 Å². The molecule has 0 radical (unpaired) electrons. The lowest BCUT2D eigenvalue weighted by molar-refractivity contribution is -0.115. The number of carbonyl (C=O) groups excluding carboxylic acids is 1. The summed E-state index contributed by atoms with van der Waals surface area (Å²) >= 11 is 18.6. The number of rotatable bonds is 6. The molecule has 0 saturated carbocycles. The minimum atomic E-state index is -0.198. The van der Waals surface area contributed by atoms with E-state index >= 15 is 0 Å². The van der Waals surface area contributed by atoms with Crippen LogP contribution in [0.5, 0.6) is 11.5 Å². The zero-order chi connectivity index (χ0) is 19.4. The molecule has 140 valence electrons. The molecular formula is C19H15Cl2NO3S2. The summed E-state index contributed by atoms with van der Waals surface area (Å²) in [5.41, 5.74) is 1.52. The molecule has 1 aliphatic heterocycles. The fraction of sp³-hybridized carbons (Fsp3) is 0.158. The Morgan fingerprint density at radius 3 is 2.52 bits per heavy atom. The second kappa shape index (κ2) is 8.97. The summed E-state index contributed by atoms with van der Waals surface area (Å²) in [6.07, 6.45) is 1.76. The first-order valence-electron chi connectivity index (χ1n) is 8.05. The third-order valence-electron chi connectivity index (χ3n) is 3.64. The first kappa shape index (κ1) is 20.0. The Bertz CT molecular complexity index is 911. The summed E-state index contributed by atoms with van der Waals surface area (Å²) in [6, 6.07) is 10.8. The Labute approximate surface area is 176 Å². The topological polar surface area (TPSA) is 47.6 Å². The summed E-state index contributed by atoms with van der Waals surface area (Å²) in [5.74, 6) is 0.937. The zero-order valence-electron chi connectivity index (χ0n) is 14.3. The molecule has 1 aliphatic rings. The van der Waals surface area contributed by atoms with Crippen LogP contribution in [0.25, 0.3) is 6.08 Å². The second-order valence-corrected chi connectivity index (χ2v) is 8.01. The summed E-state index contributed by atoms with van der Waals surface area (Å²) in [6.45, 7) is 2.58. The number of hydrogen-bond acceptors (Lipinski definition) is 5. The number of nitrogens with one attached hydrogen (secondary N) is 1. The highest BCUT2D eigenvalue weighted by atomic mass is 35.5. The average Bonchev–Trinajstić information content (AvgIpc) is 2.93. The van der Waals surface area contributed by atoms with Crippen molar-refractivity contribution in [3.05, 3.63) is 62.5 Å². The predicted molar refractivity (Wildman–Crippen MR) is 115 cm³/mol. The Morgan fingerprint density at radius 1 is 1.15 bits per heavy atom. The molecule has 0 spiro atoms. The van der Waals surface area contributed by atoms with Gasteiger partial charge in [0.1, 0.15) is 10.9 Å². The summed E-state index contributed by atoms with van der Waals surface area (Å²) < 4.78 is 12.0. The number of halogens is 2. The molecule has 27 heavy (non-hydrogen) atoms. The van der Waals surface area contributed by atoms with E-state index < -0.39 is 0 Å². The van der Waals surface area contributed by atoms with E-state index in [0.717, 1.165) is 5.56 Å². The summed E-state index contributed by atoms with van der Waals surface area (Å²) in [5, 5.41) is 3.68. The highest BCUT2D eigenvalue weighted by Gasteiger charge is 2.22. The van der Waals surface area contributed by atoms with Gasteiger partial charge < -0.3 is 14.8 Å². The minimum absolute atomic E-state index is 0.198. The molecule has 0 bridgehead atoms. The normalized spacial score (nSPS) is 15.1. The van der Waals surface area contributed by atoms with Crippen LogP contribution in [0.3, 0.4) is 0 Å². The van der Waals surface area contributed by atoms with E-state index in [1.165, 1.54) is 11.8 Å². The minimum Gasteiger partial charge on any atom is -0.490 e. The first-order valence-corrected chi connectivity index (χ1v) is 10.0. The average molecular weight is 440 g/mol. The van der Waals surface area contributed by atoms with Crippen LogP contribution in [0.1, 0.15) is 18.1 Å². The predicted octanol–water partition coefficient (Wildman–Crippen LogP) is 5.46. The van der Waals surface area contributed by atoms with Crippen LogP contribution in [-0.2, 0) is 11.4 Å². The van der Waals surface area contributed by atoms with Gasteiger partial charge in [-0.1, -0.05) is 59.3 Å². The van der Waals surface area contributed by atoms with Crippen LogP contribution in [-0.4, -0.2) is 16.8 Å². The van der Waals surface area contributed by atoms with Gasteiger partial charge in [0.2, 0.25) is 0 Å². The first-order chi connectivity index (χ1) is 13.0. The number of thiocarbonyl (C=S) groups is 1. The van der Waals surface area contributed by atoms with Crippen LogP contribution in [0.4, 0.5) is 0 Å². The molecule has 4 nitrogen and oxygen atoms in total. The molecule has 0 aromatic heterocycles. The zero-order valence-corrected chi connectivity index (χ0v) is 17.4. The van der Waals surface area contributed by atoms with Gasteiger partial charge >= 0.3 is 0 Å². The summed E-state index contributed by atoms with van der Waals surface area (Å²) in [4.78, 5) is 12.4. The molecule has 0 atom stereocenters. The Balaban J connectivity index is 1.83. The maximum atomic E-state index is 11.8. The number of benzene rings is 2. The molecule has 8 heteroatoms. The second-order valence-electron chi connectivity index (χ2n) is 5.48. The smallest absolute Gasteiger partial charge is 0.263 e. The van der Waals surface area contributed by atoms with Crippen molar-refractivity contribution in [1.29, 1.82) is 0 Å². The molecule has 1 fully saturated rings. The van der Waals surface area contributed by atoms with E-state index in [2.05, 4.69) is 5.32 Å². The molecule has 0 unspecified atom stereocenters. The van der Waals surface area contributed by atoms with E-state index in [-0.39, 0.29) is 12.5 Å². The lowest BCUT2D eigenvalue weighted by atomic mass is 10.2. The fourth-order valence-electron chi connectivity index (χ4n) is 2.39. The highest BCUT2D eigenvalue weighted by Crippen LogP contribution is 2.33. The van der Waals surface area contributed by atoms with Crippen LogP contribution >= 0.6 is 47.2 Å². The highest BCUT2D eigenvalue weighted by molar-refractivity contribution is 8.26. The number of carbonyl (C=O) groups is 1. The standard InChI is InChI=1S/C19H15Cl2NO3S2/c1-2-24-16-8-11(9-17-18(23)22-19(26)27-17)6-7-15(16)25-10-12-13(20)4-3-5-14(12)21/h3-9H,2,10H2,1H3,(H,22,23,26). The van der Waals surface area contributed by atoms with Gasteiger partial charge in [-0.15, -0.1) is 0 Å². The Kier molecular flexibility index (Phi) is 6.65. The third-order valence-corrected chi connectivity index (χ3v) is 5.51. The van der Waals surface area contributed by atoms with Gasteiger partial charge in [-0.3, -0.25) is 4.79 Å². The molecule has 2 aromatic rings. The monoisotopic (exact) mass is 439 g/mol. The number of thioether (sulfide) groups is 1. The lowest BCUT2D eigenvalue weighted by Crippen LogP contribution is -2.17. The van der Waals surface area contributed by atoms with Crippen LogP contribution in [0.15, 0.2) is 41.3 Å². The van der Waals surface area contributed by atoms with Crippen LogP contribution in [0, 0.1) is 0 Å². The van der Waals surface area contributed by atoms with Crippen LogP contribution < -0.4 is 14.8 Å². The number of ether oxygens (including phenoxy) is 2. The van der Waals surface area contributed by atoms with Gasteiger partial charge in [0, 0.05) is 15.6 Å². The van der Waals surface area contributed by atoms with E-state index in [1.807, 2.05) is 19.1 Å². The lowest BCUT2D eigenvalue weighted by Gasteiger charge is -2.14. The Hall–Kier alpha value is -1.73. The van der Waals surface area contributed by atoms with E-state index in [1.54, 1.807) is 30.3 Å². The van der Waals surface area contributed by atoms with E-state index in [0.29, 0.717) is 42.9 Å². The molecule has 2 aromatic carbocycles. The van der Waals surface area contributed by atoms with Gasteiger partial charge in [-0.05, 0) is 42.8 Å². The maximum absolute atomic E-state index is 11.8. The van der Waals surface area contributed by atoms with Gasteiger partial charge in [0.15, 0.2) is 11.5 Å². The van der Waals surface area contributed by atoms with Gasteiger partial charge in [0.05, 0.1) is 11.5 Å². The molecule has 1 amide bonds. The van der Waals surface area contributed by atoms with Crippen LogP contribution in [0.2, 0.25) is 10.0 Å². The molecule has 1 N–H and O–H groups in total. The van der Waals surface area contributed by atoms with Gasteiger partial charge in [-0.2, -0.15) is 0 Å². The summed E-state index contributed by atoms with van der Waals surface area (Å²) in [7, 11) is 0. The Morgan fingerprint density at radius 2 is 1.89 bits per heavy atom. The molecule has 1 saturated heterocycles. The fourth-order valence-corrected chi connectivity index (χ4v) is 3.95. The largest absolute Gasteiger partial charge is 0.490 e. The van der Waals surface area contributed by atoms with Crippen molar-refractivity contribution in [2.24, 2.45) is 0 Å². The quantitative estimate of drug-likeness (QED) is 0.478. The van der Waals surface area contributed by atoms with E-state index in [9.17, 15) is 4.79 Å². The van der Waals surface area contributed by atoms with Crippen molar-refractivity contribution in [3.8, 4) is 11.5 Å². The van der Waals surface area contributed by atoms with Crippen molar-refractivity contribution < 1.29 is 14.3 Å². The van der Waals surface area contributed by atoms with Crippen molar-refractivity contribution in [2.45, 2.75) is 13.5 Å². The number of hydrogen-bond donors (Lipinski definition) is 1. The van der Waals surface area contributed by atoms with Crippen molar-refractivity contribution >= 4 is 63.5 Å². The molecule has 1 heterocycles. The molecular weight excluding hydrogens is 425 g/mol. The SMILES string of the molecule is CCOc1cc(C=C2SC(=S)NC2=O)ccc1OCc1c(Cl)cccc1Cl. The van der Waals surface area contributed by atoms with Crippen molar-refractivity contribution in [2.75, 3.05) is 6.61 Å². The van der Waals surface area contributed by atoms with Gasteiger partial charge in [-0.25, -0.2) is 0 Å². The van der Waals surface area contributed by atoms with Crippen molar-refractivity contribution in [3.63, 3.8) is 0 Å². The van der Waals surface area contributed by atoms with E-state index in [4.69, 9.17) is 44.9 Å². The number of amides is 1. The maximum Gasteiger partial charge on any atom is 0.263 e. The molecule has 0 aliphatic carbocycles. The molecule has 3 rings (SSSR count). The third kappa shape index (κ3) is 4.96.